The summed E-state index contributed by atoms with van der Waals surface area (Å²) in [6.07, 6.45) is 10.6. The summed E-state index contributed by atoms with van der Waals surface area (Å²) in [4.78, 5) is 42.2. The first-order chi connectivity index (χ1) is 19.7. The highest BCUT2D eigenvalue weighted by Crippen LogP contribution is 2.67. The Bertz CT molecular complexity index is 1160. The molecule has 0 aromatic rings. The predicted molar refractivity (Wildman–Crippen MR) is 158 cm³/mol. The zero-order valence-corrected chi connectivity index (χ0v) is 26.0. The highest BCUT2D eigenvalue weighted by molar-refractivity contribution is 5.96. The first kappa shape index (κ1) is 31.2. The van der Waals surface area contributed by atoms with E-state index in [1.165, 1.54) is 5.57 Å². The van der Waals surface area contributed by atoms with Gasteiger partial charge in [-0.05, 0) is 120 Å². The van der Waals surface area contributed by atoms with Crippen molar-refractivity contribution in [1.29, 1.82) is 0 Å². The van der Waals surface area contributed by atoms with E-state index in [0.717, 1.165) is 50.7 Å². The number of nitrogens with zero attached hydrogens (tertiary/aromatic N) is 1. The number of carbonyl (C=O) groups excluding carboxylic acids is 2. The smallest absolute Gasteiger partial charge is 0.305 e. The maximum Gasteiger partial charge on any atom is 0.305 e. The Balaban J connectivity index is 1.20. The highest BCUT2D eigenvalue weighted by atomic mass is 16.6. The number of aliphatic hydroxyl groups is 1. The van der Waals surface area contributed by atoms with Gasteiger partial charge < -0.3 is 25.1 Å². The van der Waals surface area contributed by atoms with E-state index in [4.69, 9.17) is 9.57 Å². The van der Waals surface area contributed by atoms with Crippen LogP contribution in [0.15, 0.2) is 16.8 Å². The molecule has 0 radical (unpaired) electrons. The number of ketones is 1. The Morgan fingerprint density at radius 2 is 1.81 bits per heavy atom. The SMILES string of the molecule is CC(=O)[C@@]1(O)CC[C@H]2[C@@H]3CCC4=C/C(=N\OCC(=O)N[C@@H](CC(=O)O)[C@@H]5CCOC(C)(C)C5)CC[C@]4(C)[C@H]3CC[C@@]21C. The van der Waals surface area contributed by atoms with Gasteiger partial charge in [-0.25, -0.2) is 0 Å². The van der Waals surface area contributed by atoms with Crippen LogP contribution in [-0.4, -0.2) is 64.0 Å². The summed E-state index contributed by atoms with van der Waals surface area (Å²) in [5.41, 5.74) is 0.437. The summed E-state index contributed by atoms with van der Waals surface area (Å²) in [5.74, 6) is 0.0492. The molecule has 234 valence electrons. The normalized spacial score (nSPS) is 40.6. The van der Waals surface area contributed by atoms with Crippen LogP contribution in [0.5, 0.6) is 0 Å². The largest absolute Gasteiger partial charge is 0.481 e. The molecule has 0 unspecified atom stereocenters. The molecule has 4 fully saturated rings. The fraction of sp³-hybridized carbons (Fsp3) is 0.818. The summed E-state index contributed by atoms with van der Waals surface area (Å²) < 4.78 is 5.77. The fourth-order valence-electron chi connectivity index (χ4n) is 9.81. The van der Waals surface area contributed by atoms with Crippen molar-refractivity contribution in [3.05, 3.63) is 11.6 Å². The minimum absolute atomic E-state index is 0.0224. The van der Waals surface area contributed by atoms with Crippen molar-refractivity contribution in [3.8, 4) is 0 Å². The number of hydrogen-bond donors (Lipinski definition) is 3. The van der Waals surface area contributed by atoms with Crippen molar-refractivity contribution in [2.45, 2.75) is 122 Å². The van der Waals surface area contributed by atoms with Gasteiger partial charge in [0.2, 0.25) is 0 Å². The van der Waals surface area contributed by atoms with Crippen molar-refractivity contribution in [2.75, 3.05) is 13.2 Å². The Labute approximate surface area is 249 Å². The number of nitrogens with one attached hydrogen (secondary N) is 1. The van der Waals surface area contributed by atoms with Crippen molar-refractivity contribution in [3.63, 3.8) is 0 Å². The van der Waals surface area contributed by atoms with Gasteiger partial charge in [0.1, 0.15) is 5.60 Å². The molecule has 0 bridgehead atoms. The molecule has 9 nitrogen and oxygen atoms in total. The van der Waals surface area contributed by atoms with Gasteiger partial charge in [0.25, 0.3) is 5.91 Å². The van der Waals surface area contributed by atoms with Crippen LogP contribution in [-0.2, 0) is 24.0 Å². The number of carbonyl (C=O) groups is 3. The lowest BCUT2D eigenvalue weighted by Gasteiger charge is -2.59. The van der Waals surface area contributed by atoms with E-state index in [-0.39, 0.29) is 47.1 Å². The van der Waals surface area contributed by atoms with Crippen LogP contribution in [0.1, 0.15) is 105 Å². The first-order valence-electron chi connectivity index (χ1n) is 16.0. The van der Waals surface area contributed by atoms with Gasteiger partial charge in [0, 0.05) is 18.1 Å². The average Bonchev–Trinajstić information content (AvgIpc) is 3.19. The third-order valence-corrected chi connectivity index (χ3v) is 12.1. The summed E-state index contributed by atoms with van der Waals surface area (Å²) in [6, 6.07) is -0.481. The van der Waals surface area contributed by atoms with Crippen LogP contribution >= 0.6 is 0 Å². The Morgan fingerprint density at radius 3 is 2.50 bits per heavy atom. The van der Waals surface area contributed by atoms with Gasteiger partial charge in [-0.3, -0.25) is 14.4 Å². The number of carboxylic acids is 1. The molecule has 1 heterocycles. The van der Waals surface area contributed by atoms with Gasteiger partial charge in [-0.2, -0.15) is 0 Å². The number of ether oxygens (including phenoxy) is 1. The fourth-order valence-corrected chi connectivity index (χ4v) is 9.81. The van der Waals surface area contributed by atoms with Crippen LogP contribution in [0.4, 0.5) is 0 Å². The number of oxime groups is 1. The van der Waals surface area contributed by atoms with Crippen LogP contribution in [0, 0.1) is 34.5 Å². The number of allylic oxidation sites excluding steroid dienone is 2. The van der Waals surface area contributed by atoms with Gasteiger partial charge in [0.05, 0.1) is 17.7 Å². The van der Waals surface area contributed by atoms with E-state index in [2.05, 4.69) is 30.4 Å². The van der Waals surface area contributed by atoms with Crippen LogP contribution in [0.3, 0.4) is 0 Å². The van der Waals surface area contributed by atoms with E-state index >= 15 is 0 Å². The van der Waals surface area contributed by atoms with E-state index in [1.54, 1.807) is 6.92 Å². The molecule has 5 aliphatic rings. The minimum atomic E-state index is -1.19. The number of Topliss-reactive ketones (excluding diaryl/α,β-unsaturated/α-hetero) is 1. The van der Waals surface area contributed by atoms with E-state index < -0.39 is 17.6 Å². The van der Waals surface area contributed by atoms with Crippen LogP contribution in [0.2, 0.25) is 0 Å². The molecule has 3 saturated carbocycles. The maximum absolute atomic E-state index is 12.7. The molecule has 1 aliphatic heterocycles. The molecule has 5 rings (SSSR count). The van der Waals surface area contributed by atoms with Crippen LogP contribution in [0.25, 0.3) is 0 Å². The third-order valence-electron chi connectivity index (χ3n) is 12.1. The summed E-state index contributed by atoms with van der Waals surface area (Å²) >= 11 is 0. The molecule has 1 saturated heterocycles. The lowest BCUT2D eigenvalue weighted by atomic mass is 9.46. The molecule has 0 aromatic carbocycles. The monoisotopic (exact) mass is 586 g/mol. The maximum atomic E-state index is 12.7. The molecule has 42 heavy (non-hydrogen) atoms. The first-order valence-corrected chi connectivity index (χ1v) is 16.0. The molecule has 8 atom stereocenters. The van der Waals surface area contributed by atoms with Gasteiger partial charge in [-0.1, -0.05) is 24.6 Å². The van der Waals surface area contributed by atoms with Crippen molar-refractivity contribution < 1.29 is 34.2 Å². The third kappa shape index (κ3) is 5.56. The topological polar surface area (TPSA) is 135 Å². The highest BCUT2D eigenvalue weighted by Gasteiger charge is 2.65. The van der Waals surface area contributed by atoms with Crippen molar-refractivity contribution >= 4 is 23.4 Å². The molecular formula is C33H50N2O7. The zero-order chi connectivity index (χ0) is 30.5. The number of rotatable bonds is 8. The van der Waals surface area contributed by atoms with Crippen molar-refractivity contribution in [1.82, 2.24) is 5.32 Å². The molecule has 3 N–H and O–H groups in total. The van der Waals surface area contributed by atoms with E-state index in [1.807, 2.05) is 13.8 Å². The van der Waals surface area contributed by atoms with Gasteiger partial charge in [0.15, 0.2) is 12.4 Å². The summed E-state index contributed by atoms with van der Waals surface area (Å²) in [7, 11) is 0. The number of aliphatic carboxylic acids is 1. The quantitative estimate of drug-likeness (QED) is 0.348. The summed E-state index contributed by atoms with van der Waals surface area (Å²) in [5, 5.41) is 28.0. The number of hydrogen-bond acceptors (Lipinski definition) is 7. The average molecular weight is 587 g/mol. The van der Waals surface area contributed by atoms with Crippen molar-refractivity contribution in [2.24, 2.45) is 39.7 Å². The Hall–Kier alpha value is -2.26. The second kappa shape index (κ2) is 11.3. The standard InChI is InChI=1S/C33H50N2O7/c1-20(36)33(40)14-10-26-24-7-6-22-16-23(8-12-31(22,4)25(24)9-13-32(26,33)5)35-42-19-28(37)34-27(17-29(38)39)21-11-15-41-30(2,3)18-21/h16,21,24-27,40H,6-15,17-19H2,1-5H3,(H,34,37)(H,38,39)/b35-23-/t21-,24-,25+,26+,27+,31+,32+,33+/m1/s1. The Morgan fingerprint density at radius 1 is 1.07 bits per heavy atom. The van der Waals surface area contributed by atoms with Gasteiger partial charge in [-0.15, -0.1) is 0 Å². The molecule has 1 amide bonds. The lowest BCUT2D eigenvalue weighted by molar-refractivity contribution is -0.159. The molecular weight excluding hydrogens is 536 g/mol. The van der Waals surface area contributed by atoms with E-state index in [9.17, 15) is 24.6 Å². The molecule has 0 aromatic heterocycles. The van der Waals surface area contributed by atoms with Crippen LogP contribution < -0.4 is 5.32 Å². The molecule has 4 aliphatic carbocycles. The molecule has 9 heteroatoms. The summed E-state index contributed by atoms with van der Waals surface area (Å²) in [6.45, 7) is 10.4. The van der Waals surface area contributed by atoms with E-state index in [0.29, 0.717) is 43.6 Å². The molecule has 0 spiro atoms. The Kier molecular flexibility index (Phi) is 8.42. The lowest BCUT2D eigenvalue weighted by Crippen LogP contribution is -2.57. The number of carboxylic acid groups (broad SMARTS) is 1. The predicted octanol–water partition coefficient (Wildman–Crippen LogP) is 4.81. The number of fused-ring (bicyclic) bond motifs is 5. The second-order valence-electron chi connectivity index (χ2n) is 14.9. The minimum Gasteiger partial charge on any atom is -0.481 e. The number of amides is 1. The van der Waals surface area contributed by atoms with Gasteiger partial charge >= 0.3 is 5.97 Å². The second-order valence-corrected chi connectivity index (χ2v) is 14.9. The zero-order valence-electron chi connectivity index (χ0n) is 26.0.